The van der Waals surface area contributed by atoms with Gasteiger partial charge in [0.1, 0.15) is 0 Å². The van der Waals surface area contributed by atoms with E-state index >= 15 is 0 Å². The minimum atomic E-state index is -0.341. The first-order valence-corrected chi connectivity index (χ1v) is 7.47. The molecule has 1 aliphatic rings. The summed E-state index contributed by atoms with van der Waals surface area (Å²) in [6.45, 7) is 4.06. The molecule has 0 heterocycles. The summed E-state index contributed by atoms with van der Waals surface area (Å²) in [5, 5.41) is 14.4. The van der Waals surface area contributed by atoms with Crippen LogP contribution in [0.5, 0.6) is 0 Å². The summed E-state index contributed by atoms with van der Waals surface area (Å²) in [7, 11) is 0. The average Bonchev–Trinajstić information content (AvgIpc) is 2.33. The monoisotopic (exact) mass is 326 g/mol. The van der Waals surface area contributed by atoms with Gasteiger partial charge in [-0.05, 0) is 47.7 Å². The molecule has 1 fully saturated rings. The lowest BCUT2D eigenvalue weighted by atomic mass is 9.87. The minimum absolute atomic E-state index is 0.162. The van der Waals surface area contributed by atoms with E-state index in [0.717, 1.165) is 16.1 Å². The first kappa shape index (κ1) is 14.3. The Labute approximate surface area is 121 Å². The molecule has 2 rings (SSSR count). The van der Waals surface area contributed by atoms with Crippen LogP contribution in [0, 0.1) is 23.0 Å². The Hall–Kier alpha value is -1.10. The van der Waals surface area contributed by atoms with Gasteiger partial charge in [-0.1, -0.05) is 19.8 Å². The quantitative estimate of drug-likeness (QED) is 0.649. The fourth-order valence-electron chi connectivity index (χ4n) is 2.76. The van der Waals surface area contributed by atoms with Crippen LogP contribution in [0.3, 0.4) is 0 Å². The summed E-state index contributed by atoms with van der Waals surface area (Å²) in [4.78, 5) is 10.5. The summed E-state index contributed by atoms with van der Waals surface area (Å²) >= 11 is 3.42. The van der Waals surface area contributed by atoms with E-state index < -0.39 is 0 Å². The Morgan fingerprint density at radius 1 is 1.42 bits per heavy atom. The molecular formula is C14H19BrN2O2. The molecule has 0 aliphatic heterocycles. The number of rotatable bonds is 3. The van der Waals surface area contributed by atoms with Crippen LogP contribution >= 0.6 is 15.9 Å². The van der Waals surface area contributed by atoms with Crippen LogP contribution in [0.4, 0.5) is 11.4 Å². The fraction of sp³-hybridized carbons (Fsp3) is 0.571. The molecule has 1 aromatic carbocycles. The van der Waals surface area contributed by atoms with Crippen molar-refractivity contribution in [2.45, 2.75) is 45.6 Å². The number of benzene rings is 1. The van der Waals surface area contributed by atoms with E-state index in [9.17, 15) is 10.1 Å². The van der Waals surface area contributed by atoms with E-state index in [1.807, 2.05) is 6.07 Å². The van der Waals surface area contributed by atoms with Crippen LogP contribution in [0.2, 0.25) is 0 Å². The van der Waals surface area contributed by atoms with Crippen molar-refractivity contribution in [3.63, 3.8) is 0 Å². The Morgan fingerprint density at radius 3 is 2.79 bits per heavy atom. The van der Waals surface area contributed by atoms with Crippen molar-refractivity contribution in [2.24, 2.45) is 5.92 Å². The number of nitrogens with zero attached hydrogens (tertiary/aromatic N) is 1. The fourth-order valence-corrected chi connectivity index (χ4v) is 3.21. The van der Waals surface area contributed by atoms with E-state index in [1.165, 1.54) is 25.7 Å². The van der Waals surface area contributed by atoms with E-state index in [-0.39, 0.29) is 10.6 Å². The van der Waals surface area contributed by atoms with Crippen molar-refractivity contribution in [1.29, 1.82) is 0 Å². The van der Waals surface area contributed by atoms with Gasteiger partial charge in [0.2, 0.25) is 0 Å². The van der Waals surface area contributed by atoms with E-state index in [0.29, 0.717) is 11.6 Å². The molecule has 0 aromatic heterocycles. The van der Waals surface area contributed by atoms with Gasteiger partial charge >= 0.3 is 0 Å². The second kappa shape index (κ2) is 5.90. The van der Waals surface area contributed by atoms with Crippen molar-refractivity contribution in [2.75, 3.05) is 5.32 Å². The van der Waals surface area contributed by atoms with Crippen LogP contribution in [0.15, 0.2) is 16.6 Å². The average molecular weight is 327 g/mol. The zero-order chi connectivity index (χ0) is 14.0. The molecule has 0 amide bonds. The molecule has 19 heavy (non-hydrogen) atoms. The van der Waals surface area contributed by atoms with Gasteiger partial charge < -0.3 is 5.32 Å². The summed E-state index contributed by atoms with van der Waals surface area (Å²) in [6.07, 6.45) is 4.90. The van der Waals surface area contributed by atoms with Crippen molar-refractivity contribution in [1.82, 2.24) is 0 Å². The molecule has 0 radical (unpaired) electrons. The third kappa shape index (κ3) is 3.47. The largest absolute Gasteiger partial charge is 0.381 e. The molecule has 4 nitrogen and oxygen atoms in total. The minimum Gasteiger partial charge on any atom is -0.381 e. The van der Waals surface area contributed by atoms with Crippen molar-refractivity contribution < 1.29 is 4.92 Å². The number of anilines is 1. The summed E-state index contributed by atoms with van der Waals surface area (Å²) in [5.41, 5.74) is 1.82. The van der Waals surface area contributed by atoms with Crippen LogP contribution in [-0.2, 0) is 0 Å². The SMILES string of the molecule is Cc1cc(NC2CCCC(C)C2)c(Br)cc1[N+](=O)[O-]. The molecule has 104 valence electrons. The predicted molar refractivity (Wildman–Crippen MR) is 80.6 cm³/mol. The molecule has 0 bridgehead atoms. The maximum absolute atomic E-state index is 10.9. The van der Waals surface area contributed by atoms with Gasteiger partial charge in [-0.3, -0.25) is 10.1 Å². The van der Waals surface area contributed by atoms with Gasteiger partial charge in [0.25, 0.3) is 5.69 Å². The van der Waals surface area contributed by atoms with Gasteiger partial charge in [0.15, 0.2) is 0 Å². The number of nitrogens with one attached hydrogen (secondary N) is 1. The van der Waals surface area contributed by atoms with Gasteiger partial charge in [0.05, 0.1) is 4.92 Å². The number of nitro benzene ring substituents is 1. The summed E-state index contributed by atoms with van der Waals surface area (Å²) in [5.74, 6) is 0.754. The lowest BCUT2D eigenvalue weighted by molar-refractivity contribution is -0.385. The molecule has 0 saturated heterocycles. The Kier molecular flexibility index (Phi) is 4.45. The molecule has 1 aliphatic carbocycles. The smallest absolute Gasteiger partial charge is 0.273 e. The van der Waals surface area contributed by atoms with Gasteiger partial charge in [-0.15, -0.1) is 0 Å². The molecule has 5 heteroatoms. The normalized spacial score (nSPS) is 23.1. The third-order valence-corrected chi connectivity index (χ3v) is 4.43. The predicted octanol–water partition coefficient (Wildman–Crippen LogP) is 4.66. The molecule has 0 spiro atoms. The maximum atomic E-state index is 10.9. The molecule has 1 aromatic rings. The molecule has 2 atom stereocenters. The molecule has 1 N–H and O–H groups in total. The third-order valence-electron chi connectivity index (χ3n) is 3.78. The van der Waals surface area contributed by atoms with E-state index in [4.69, 9.17) is 0 Å². The zero-order valence-electron chi connectivity index (χ0n) is 11.3. The van der Waals surface area contributed by atoms with Crippen LogP contribution in [0.1, 0.15) is 38.2 Å². The Balaban J connectivity index is 2.16. The van der Waals surface area contributed by atoms with Crippen LogP contribution in [-0.4, -0.2) is 11.0 Å². The highest BCUT2D eigenvalue weighted by molar-refractivity contribution is 9.10. The second-order valence-corrected chi connectivity index (χ2v) is 6.34. The van der Waals surface area contributed by atoms with Crippen molar-refractivity contribution in [3.8, 4) is 0 Å². The number of hydrogen-bond donors (Lipinski definition) is 1. The summed E-state index contributed by atoms with van der Waals surface area (Å²) < 4.78 is 0.767. The van der Waals surface area contributed by atoms with Crippen molar-refractivity contribution in [3.05, 3.63) is 32.3 Å². The van der Waals surface area contributed by atoms with Crippen LogP contribution in [0.25, 0.3) is 0 Å². The van der Waals surface area contributed by atoms with Crippen molar-refractivity contribution >= 4 is 27.3 Å². The maximum Gasteiger partial charge on any atom is 0.273 e. The number of aryl methyl sites for hydroxylation is 1. The van der Waals surface area contributed by atoms with E-state index in [1.54, 1.807) is 13.0 Å². The van der Waals surface area contributed by atoms with Crippen LogP contribution < -0.4 is 5.32 Å². The topological polar surface area (TPSA) is 55.2 Å². The number of hydrogen-bond acceptors (Lipinski definition) is 3. The molecular weight excluding hydrogens is 308 g/mol. The first-order chi connectivity index (χ1) is 8.97. The first-order valence-electron chi connectivity index (χ1n) is 6.68. The molecule has 2 unspecified atom stereocenters. The van der Waals surface area contributed by atoms with Gasteiger partial charge in [0, 0.05) is 27.8 Å². The standard InChI is InChI=1S/C14H19BrN2O2/c1-9-4-3-5-11(6-9)16-13-7-10(2)14(17(18)19)8-12(13)15/h7-9,11,16H,3-6H2,1-2H3. The van der Waals surface area contributed by atoms with Gasteiger partial charge in [-0.2, -0.15) is 0 Å². The number of halogens is 1. The second-order valence-electron chi connectivity index (χ2n) is 5.49. The highest BCUT2D eigenvalue weighted by atomic mass is 79.9. The van der Waals surface area contributed by atoms with Gasteiger partial charge in [-0.25, -0.2) is 0 Å². The van der Waals surface area contributed by atoms with E-state index in [2.05, 4.69) is 28.2 Å². The zero-order valence-corrected chi connectivity index (χ0v) is 12.9. The highest BCUT2D eigenvalue weighted by Gasteiger charge is 2.20. The lowest BCUT2D eigenvalue weighted by Crippen LogP contribution is -2.26. The molecule has 1 saturated carbocycles. The Bertz CT molecular complexity index is 491. The summed E-state index contributed by atoms with van der Waals surface area (Å²) in [6, 6.07) is 3.92. The highest BCUT2D eigenvalue weighted by Crippen LogP contribution is 2.33. The number of nitro groups is 1. The Morgan fingerprint density at radius 2 is 2.16 bits per heavy atom. The lowest BCUT2D eigenvalue weighted by Gasteiger charge is -2.28.